The lowest BCUT2D eigenvalue weighted by atomic mass is 10.0. The number of aryl methyl sites for hydroxylation is 4. The van der Waals surface area contributed by atoms with E-state index in [2.05, 4.69) is 28.3 Å². The van der Waals surface area contributed by atoms with Gasteiger partial charge in [-0.3, -0.25) is 4.99 Å². The molecule has 0 atom stereocenters. The molecule has 3 rings (SSSR count). The summed E-state index contributed by atoms with van der Waals surface area (Å²) in [6, 6.07) is 2.07. The topological polar surface area (TPSA) is 53.7 Å². The highest BCUT2D eigenvalue weighted by molar-refractivity contribution is 7.11. The summed E-state index contributed by atoms with van der Waals surface area (Å²) in [5, 5.41) is 4.60. The van der Waals surface area contributed by atoms with Gasteiger partial charge in [-0.1, -0.05) is 0 Å². The van der Waals surface area contributed by atoms with Gasteiger partial charge in [0.1, 0.15) is 16.5 Å². The van der Waals surface area contributed by atoms with Gasteiger partial charge in [-0.15, -0.1) is 11.3 Å². The fraction of sp³-hybridized carbons (Fsp3) is 0.556. The summed E-state index contributed by atoms with van der Waals surface area (Å²) < 4.78 is 5.58. The molecule has 2 aromatic heterocycles. The van der Waals surface area contributed by atoms with Gasteiger partial charge in [0.2, 0.25) is 0 Å². The van der Waals surface area contributed by atoms with Crippen molar-refractivity contribution in [3.63, 3.8) is 0 Å². The molecule has 1 aliphatic rings. The molecule has 0 fully saturated rings. The maximum Gasteiger partial charge on any atom is 0.194 e. The molecule has 0 bridgehead atoms. The van der Waals surface area contributed by atoms with E-state index in [0.29, 0.717) is 6.54 Å². The maximum atomic E-state index is 5.58. The van der Waals surface area contributed by atoms with Crippen LogP contribution in [0.1, 0.15) is 45.5 Å². The van der Waals surface area contributed by atoms with Crippen LogP contribution in [0.5, 0.6) is 0 Å². The highest BCUT2D eigenvalue weighted by atomic mass is 32.1. The molecular formula is C18H26N4OS. The number of nitrogens with one attached hydrogen (secondary N) is 1. The minimum absolute atomic E-state index is 0.717. The number of fused-ring (bicyclic) bond motifs is 1. The molecular weight excluding hydrogens is 320 g/mol. The summed E-state index contributed by atoms with van der Waals surface area (Å²) in [4.78, 5) is 12.8. The summed E-state index contributed by atoms with van der Waals surface area (Å²) in [6.07, 6.45) is 4.92. The molecule has 2 heterocycles. The van der Waals surface area contributed by atoms with E-state index in [-0.39, 0.29) is 0 Å². The number of furan rings is 1. The molecule has 0 aliphatic heterocycles. The third-order valence-electron chi connectivity index (χ3n) is 4.42. The van der Waals surface area contributed by atoms with Gasteiger partial charge in [0.25, 0.3) is 0 Å². The van der Waals surface area contributed by atoms with Crippen molar-refractivity contribution in [2.75, 3.05) is 14.1 Å². The highest BCUT2D eigenvalue weighted by Crippen LogP contribution is 2.27. The standard InChI is InChI=1S/C18H26N4OS/c1-12-9-14(13(2)23-12)10-20-18(19-3)22(4)11-17-21-15-7-5-6-8-16(15)24-17/h9H,5-8,10-11H2,1-4H3,(H,19,20). The summed E-state index contributed by atoms with van der Waals surface area (Å²) in [6.45, 7) is 5.48. The van der Waals surface area contributed by atoms with E-state index in [9.17, 15) is 0 Å². The fourth-order valence-electron chi connectivity index (χ4n) is 3.17. The smallest absolute Gasteiger partial charge is 0.194 e. The van der Waals surface area contributed by atoms with E-state index >= 15 is 0 Å². The van der Waals surface area contributed by atoms with Crippen LogP contribution in [-0.4, -0.2) is 29.9 Å². The second kappa shape index (κ2) is 7.38. The van der Waals surface area contributed by atoms with E-state index in [1.165, 1.54) is 40.4 Å². The number of rotatable bonds is 4. The first-order valence-corrected chi connectivity index (χ1v) is 9.33. The van der Waals surface area contributed by atoms with Gasteiger partial charge >= 0.3 is 0 Å². The Morgan fingerprint density at radius 1 is 1.38 bits per heavy atom. The molecule has 130 valence electrons. The van der Waals surface area contributed by atoms with Crippen LogP contribution in [-0.2, 0) is 25.9 Å². The second-order valence-corrected chi connectivity index (χ2v) is 7.55. The molecule has 0 aromatic carbocycles. The lowest BCUT2D eigenvalue weighted by molar-refractivity contribution is 0.472. The largest absolute Gasteiger partial charge is 0.466 e. The van der Waals surface area contributed by atoms with Gasteiger partial charge in [0, 0.05) is 31.1 Å². The van der Waals surface area contributed by atoms with Gasteiger partial charge in [-0.25, -0.2) is 4.98 Å². The predicted octanol–water partition coefficient (Wildman–Crippen LogP) is 3.44. The SMILES string of the molecule is CN=C(NCc1cc(C)oc1C)N(C)Cc1nc2c(s1)CCCC2. The first-order valence-electron chi connectivity index (χ1n) is 8.52. The molecule has 0 radical (unpaired) electrons. The Kier molecular flexibility index (Phi) is 5.23. The lowest BCUT2D eigenvalue weighted by Gasteiger charge is -2.20. The van der Waals surface area contributed by atoms with Gasteiger partial charge < -0.3 is 14.6 Å². The Hall–Kier alpha value is -1.82. The van der Waals surface area contributed by atoms with Crippen molar-refractivity contribution in [3.05, 3.63) is 38.7 Å². The van der Waals surface area contributed by atoms with Crippen LogP contribution >= 0.6 is 11.3 Å². The zero-order valence-electron chi connectivity index (χ0n) is 15.0. The molecule has 2 aromatic rings. The van der Waals surface area contributed by atoms with Crippen LogP contribution in [0.2, 0.25) is 0 Å². The van der Waals surface area contributed by atoms with Crippen molar-refractivity contribution in [1.82, 2.24) is 15.2 Å². The monoisotopic (exact) mass is 346 g/mol. The normalized spacial score (nSPS) is 14.6. The Morgan fingerprint density at radius 3 is 2.83 bits per heavy atom. The average molecular weight is 347 g/mol. The lowest BCUT2D eigenvalue weighted by Crippen LogP contribution is -2.38. The van der Waals surface area contributed by atoms with E-state index in [0.717, 1.165) is 30.4 Å². The maximum absolute atomic E-state index is 5.58. The van der Waals surface area contributed by atoms with Crippen molar-refractivity contribution in [2.45, 2.75) is 52.6 Å². The van der Waals surface area contributed by atoms with Crippen LogP contribution in [0.25, 0.3) is 0 Å². The van der Waals surface area contributed by atoms with E-state index < -0.39 is 0 Å². The van der Waals surface area contributed by atoms with Crippen LogP contribution < -0.4 is 5.32 Å². The Balaban J connectivity index is 1.60. The third kappa shape index (κ3) is 3.80. The summed E-state index contributed by atoms with van der Waals surface area (Å²) in [5.74, 6) is 2.79. The molecule has 0 saturated heterocycles. The Morgan fingerprint density at radius 2 is 2.17 bits per heavy atom. The average Bonchev–Trinajstić information content (AvgIpc) is 3.09. The van der Waals surface area contributed by atoms with Crippen LogP contribution in [0.4, 0.5) is 0 Å². The number of nitrogens with zero attached hydrogens (tertiary/aromatic N) is 3. The van der Waals surface area contributed by atoms with Gasteiger partial charge in [0.05, 0.1) is 12.2 Å². The molecule has 1 N–H and O–H groups in total. The van der Waals surface area contributed by atoms with Gasteiger partial charge in [-0.2, -0.15) is 0 Å². The summed E-state index contributed by atoms with van der Waals surface area (Å²) in [7, 11) is 3.88. The van der Waals surface area contributed by atoms with Gasteiger partial charge in [-0.05, 0) is 45.6 Å². The molecule has 5 nitrogen and oxygen atoms in total. The zero-order valence-corrected chi connectivity index (χ0v) is 15.8. The van der Waals surface area contributed by atoms with Crippen molar-refractivity contribution in [1.29, 1.82) is 0 Å². The second-order valence-electron chi connectivity index (χ2n) is 6.38. The predicted molar refractivity (Wildman–Crippen MR) is 98.6 cm³/mol. The minimum Gasteiger partial charge on any atom is -0.466 e. The zero-order chi connectivity index (χ0) is 17.1. The highest BCUT2D eigenvalue weighted by Gasteiger charge is 2.17. The van der Waals surface area contributed by atoms with Gasteiger partial charge in [0.15, 0.2) is 5.96 Å². The van der Waals surface area contributed by atoms with E-state index in [1.54, 1.807) is 0 Å². The van der Waals surface area contributed by atoms with Crippen molar-refractivity contribution < 1.29 is 4.42 Å². The first kappa shape index (κ1) is 17.0. The number of guanidine groups is 1. The number of hydrogen-bond acceptors (Lipinski definition) is 4. The molecule has 6 heteroatoms. The third-order valence-corrected chi connectivity index (χ3v) is 5.56. The number of aromatic nitrogens is 1. The molecule has 0 amide bonds. The van der Waals surface area contributed by atoms with Crippen molar-refractivity contribution in [3.8, 4) is 0 Å². The summed E-state index contributed by atoms with van der Waals surface area (Å²) >= 11 is 1.86. The number of hydrogen-bond donors (Lipinski definition) is 1. The Labute approximate surface area is 147 Å². The first-order chi connectivity index (χ1) is 11.6. The van der Waals surface area contributed by atoms with Crippen LogP contribution in [0.3, 0.4) is 0 Å². The molecule has 0 saturated carbocycles. The van der Waals surface area contributed by atoms with E-state index in [4.69, 9.17) is 9.40 Å². The molecule has 24 heavy (non-hydrogen) atoms. The summed E-state index contributed by atoms with van der Waals surface area (Å²) in [5.41, 5.74) is 2.49. The quantitative estimate of drug-likeness (QED) is 0.681. The molecule has 1 aliphatic carbocycles. The van der Waals surface area contributed by atoms with E-state index in [1.807, 2.05) is 32.2 Å². The van der Waals surface area contributed by atoms with Crippen LogP contribution in [0.15, 0.2) is 15.5 Å². The number of aliphatic imine (C=N–C) groups is 1. The van der Waals surface area contributed by atoms with Crippen LogP contribution in [0, 0.1) is 13.8 Å². The van der Waals surface area contributed by atoms with Crippen molar-refractivity contribution in [2.24, 2.45) is 4.99 Å². The fourth-order valence-corrected chi connectivity index (χ4v) is 4.38. The van der Waals surface area contributed by atoms with Crippen molar-refractivity contribution >= 4 is 17.3 Å². The Bertz CT molecular complexity index is 708. The number of thiazole rings is 1. The minimum atomic E-state index is 0.717. The molecule has 0 spiro atoms. The molecule has 0 unspecified atom stereocenters.